The number of carboxylic acid groups (broad SMARTS) is 1. The van der Waals surface area contributed by atoms with Gasteiger partial charge in [-0.2, -0.15) is 0 Å². The minimum atomic E-state index is -1.26. The molecule has 0 fully saturated rings. The van der Waals surface area contributed by atoms with Gasteiger partial charge in [-0.15, -0.1) is 0 Å². The Labute approximate surface area is 208 Å². The van der Waals surface area contributed by atoms with Gasteiger partial charge in [0.1, 0.15) is 18.6 Å². The van der Waals surface area contributed by atoms with E-state index in [9.17, 15) is 24.0 Å². The Morgan fingerprint density at radius 3 is 2.11 bits per heavy atom. The highest BCUT2D eigenvalue weighted by molar-refractivity contribution is 5.94. The minimum absolute atomic E-state index is 0.00808. The van der Waals surface area contributed by atoms with Crippen LogP contribution in [0.5, 0.6) is 0 Å². The van der Waals surface area contributed by atoms with E-state index in [1.807, 2.05) is 0 Å². The maximum Gasteiger partial charge on any atom is 0.322 e. The normalized spacial score (nSPS) is 12.9. The summed E-state index contributed by atoms with van der Waals surface area (Å²) in [5.74, 6) is -4.10. The molecule has 14 heteroatoms. The average Bonchev–Trinajstić information content (AvgIpc) is 2.82. The Morgan fingerprint density at radius 1 is 0.889 bits per heavy atom. The lowest BCUT2D eigenvalue weighted by Crippen LogP contribution is -2.56. The first kappa shape index (κ1) is 29.8. The molecule has 1 aromatic carbocycles. The van der Waals surface area contributed by atoms with Crippen LogP contribution in [0.1, 0.15) is 31.2 Å². The molecule has 0 spiro atoms. The van der Waals surface area contributed by atoms with E-state index in [2.05, 4.69) is 20.9 Å². The fourth-order valence-electron chi connectivity index (χ4n) is 3.10. The zero-order chi connectivity index (χ0) is 27.1. The summed E-state index contributed by atoms with van der Waals surface area (Å²) in [6.07, 6.45) is 0.366. The number of nitrogens with zero attached hydrogens (tertiary/aromatic N) is 1. The molecule has 198 valence electrons. The first-order valence-electron chi connectivity index (χ1n) is 11.2. The molecule has 0 aromatic heterocycles. The first-order chi connectivity index (χ1) is 17.0. The summed E-state index contributed by atoms with van der Waals surface area (Å²) in [4.78, 5) is 63.9. The van der Waals surface area contributed by atoms with Crippen molar-refractivity contribution in [3.63, 3.8) is 0 Å². The number of primary amides is 1. The molecule has 0 saturated heterocycles. The van der Waals surface area contributed by atoms with E-state index >= 15 is 0 Å². The molecule has 0 saturated carbocycles. The highest BCUT2D eigenvalue weighted by Crippen LogP contribution is 2.07. The highest BCUT2D eigenvalue weighted by atomic mass is 16.4. The number of amides is 4. The molecular formula is C22H34N8O6. The average molecular weight is 507 g/mol. The molecule has 3 atom stereocenters. The van der Waals surface area contributed by atoms with Crippen LogP contribution in [0.2, 0.25) is 0 Å². The van der Waals surface area contributed by atoms with Gasteiger partial charge in [-0.3, -0.25) is 29.0 Å². The number of aliphatic imine (C=N–C) groups is 1. The summed E-state index contributed by atoms with van der Waals surface area (Å²) in [6, 6.07) is 5.50. The third kappa shape index (κ3) is 12.3. The molecule has 1 aromatic rings. The molecule has 0 radical (unpaired) electrons. The van der Waals surface area contributed by atoms with Gasteiger partial charge in [0.15, 0.2) is 5.96 Å². The molecule has 12 N–H and O–H groups in total. The van der Waals surface area contributed by atoms with Crippen LogP contribution < -0.4 is 38.9 Å². The molecule has 36 heavy (non-hydrogen) atoms. The molecule has 0 aliphatic heterocycles. The van der Waals surface area contributed by atoms with Crippen LogP contribution in [0.3, 0.4) is 0 Å². The second-order valence-corrected chi connectivity index (χ2v) is 7.98. The zero-order valence-corrected chi connectivity index (χ0v) is 19.8. The fraction of sp³-hybridized carbons (Fsp3) is 0.455. The van der Waals surface area contributed by atoms with Crippen molar-refractivity contribution in [1.82, 2.24) is 16.0 Å². The van der Waals surface area contributed by atoms with Gasteiger partial charge in [0.25, 0.3) is 0 Å². The standard InChI is InChI=1S/C22H34N8O6/c23-14(8-9-17(24)31)19(34)30-16(11-13-5-2-1-3-6-13)21(36)29-15(7-4-10-27-22(25)26)20(35)28-12-18(32)33/h1-3,5-6,14-16H,4,7-12,23H2,(H2,24,31)(H,28,35)(H,29,36)(H,30,34)(H,32,33)(H4,25,26,27). The number of benzene rings is 1. The maximum absolute atomic E-state index is 13.2. The molecule has 4 amide bonds. The first-order valence-corrected chi connectivity index (χ1v) is 11.2. The molecule has 0 aliphatic rings. The summed E-state index contributed by atoms with van der Waals surface area (Å²) >= 11 is 0. The second kappa shape index (κ2) is 15.7. The van der Waals surface area contributed by atoms with Crippen molar-refractivity contribution in [2.24, 2.45) is 27.9 Å². The van der Waals surface area contributed by atoms with Crippen molar-refractivity contribution >= 4 is 35.6 Å². The lowest BCUT2D eigenvalue weighted by Gasteiger charge is -2.24. The van der Waals surface area contributed by atoms with E-state index in [1.165, 1.54) is 0 Å². The summed E-state index contributed by atoms with van der Waals surface area (Å²) in [6.45, 7) is -0.461. The summed E-state index contributed by atoms with van der Waals surface area (Å²) < 4.78 is 0. The molecular weight excluding hydrogens is 472 g/mol. The molecule has 3 unspecified atom stereocenters. The summed E-state index contributed by atoms with van der Waals surface area (Å²) in [7, 11) is 0. The largest absolute Gasteiger partial charge is 0.480 e. The van der Waals surface area contributed by atoms with Gasteiger partial charge in [0.05, 0.1) is 6.04 Å². The van der Waals surface area contributed by atoms with Crippen molar-refractivity contribution in [2.45, 2.75) is 50.2 Å². The number of carbonyl (C=O) groups is 5. The van der Waals surface area contributed by atoms with E-state index in [-0.39, 0.29) is 38.2 Å². The lowest BCUT2D eigenvalue weighted by molar-refractivity contribution is -0.138. The SMILES string of the molecule is NC(=O)CCC(N)C(=O)NC(Cc1ccccc1)C(=O)NC(CCCN=C(N)N)C(=O)NCC(=O)O. The number of hydrogen-bond donors (Lipinski definition) is 8. The van der Waals surface area contributed by atoms with Crippen molar-refractivity contribution in [2.75, 3.05) is 13.1 Å². The minimum Gasteiger partial charge on any atom is -0.480 e. The number of aliphatic carboxylic acids is 1. The Kier molecular flexibility index (Phi) is 13.0. The van der Waals surface area contributed by atoms with Gasteiger partial charge in [0.2, 0.25) is 23.6 Å². The van der Waals surface area contributed by atoms with Crippen LogP contribution in [0, 0.1) is 0 Å². The van der Waals surface area contributed by atoms with E-state index in [0.717, 1.165) is 5.56 Å². The summed E-state index contributed by atoms with van der Waals surface area (Å²) in [5.41, 5.74) is 22.2. The monoisotopic (exact) mass is 506 g/mol. The van der Waals surface area contributed by atoms with Crippen LogP contribution in [0.25, 0.3) is 0 Å². The van der Waals surface area contributed by atoms with Crippen LogP contribution in [-0.4, -0.2) is 71.9 Å². The Bertz CT molecular complexity index is 936. The van der Waals surface area contributed by atoms with E-state index in [4.69, 9.17) is 28.0 Å². The van der Waals surface area contributed by atoms with Crippen molar-refractivity contribution in [3.05, 3.63) is 35.9 Å². The predicted octanol–water partition coefficient (Wildman–Crippen LogP) is -2.95. The highest BCUT2D eigenvalue weighted by Gasteiger charge is 2.28. The number of carboxylic acids is 1. The van der Waals surface area contributed by atoms with Crippen LogP contribution in [0.15, 0.2) is 35.3 Å². The van der Waals surface area contributed by atoms with Gasteiger partial charge >= 0.3 is 5.97 Å². The summed E-state index contributed by atoms with van der Waals surface area (Å²) in [5, 5.41) is 16.2. The number of hydrogen-bond acceptors (Lipinski definition) is 7. The van der Waals surface area contributed by atoms with Gasteiger partial charge in [-0.25, -0.2) is 0 Å². The second-order valence-electron chi connectivity index (χ2n) is 7.98. The van der Waals surface area contributed by atoms with E-state index in [1.54, 1.807) is 30.3 Å². The van der Waals surface area contributed by atoms with Crippen molar-refractivity contribution in [1.29, 1.82) is 0 Å². The fourth-order valence-corrected chi connectivity index (χ4v) is 3.10. The quantitative estimate of drug-likeness (QED) is 0.0646. The maximum atomic E-state index is 13.2. The number of guanidine groups is 1. The third-order valence-electron chi connectivity index (χ3n) is 4.95. The molecule has 1 rings (SSSR count). The molecule has 0 heterocycles. The number of carbonyl (C=O) groups excluding carboxylic acids is 4. The van der Waals surface area contributed by atoms with Gasteiger partial charge in [0, 0.05) is 19.4 Å². The number of nitrogens with two attached hydrogens (primary N) is 4. The van der Waals surface area contributed by atoms with Gasteiger partial charge in [-0.05, 0) is 24.8 Å². The van der Waals surface area contributed by atoms with E-state index in [0.29, 0.717) is 6.42 Å². The van der Waals surface area contributed by atoms with Crippen LogP contribution in [-0.2, 0) is 30.4 Å². The van der Waals surface area contributed by atoms with Crippen LogP contribution >= 0.6 is 0 Å². The number of rotatable bonds is 16. The van der Waals surface area contributed by atoms with Gasteiger partial charge in [-0.1, -0.05) is 30.3 Å². The lowest BCUT2D eigenvalue weighted by atomic mass is 10.0. The van der Waals surface area contributed by atoms with E-state index < -0.39 is 54.3 Å². The third-order valence-corrected chi connectivity index (χ3v) is 4.95. The zero-order valence-electron chi connectivity index (χ0n) is 19.8. The molecule has 14 nitrogen and oxygen atoms in total. The van der Waals surface area contributed by atoms with Crippen LogP contribution in [0.4, 0.5) is 0 Å². The smallest absolute Gasteiger partial charge is 0.322 e. The topological polar surface area (TPSA) is 258 Å². The predicted molar refractivity (Wildman–Crippen MR) is 131 cm³/mol. The number of nitrogens with one attached hydrogen (secondary N) is 3. The Morgan fingerprint density at radius 2 is 1.53 bits per heavy atom. The molecule has 0 bridgehead atoms. The Hall–Kier alpha value is -4.20. The van der Waals surface area contributed by atoms with Crippen molar-refractivity contribution < 1.29 is 29.1 Å². The Balaban J connectivity index is 3.01. The van der Waals surface area contributed by atoms with Gasteiger partial charge < -0.3 is 44.0 Å². The molecule has 0 aliphatic carbocycles. The van der Waals surface area contributed by atoms with Crippen molar-refractivity contribution in [3.8, 4) is 0 Å².